The van der Waals surface area contributed by atoms with Gasteiger partial charge in [0.05, 0.1) is 6.61 Å². The number of carbonyl (C=O) groups is 1. The second kappa shape index (κ2) is 4.46. The normalized spacial score (nSPS) is 24.5. The molecule has 1 saturated heterocycles. The molecule has 0 aromatic rings. The first-order chi connectivity index (χ1) is 6.15. The lowest BCUT2D eigenvalue weighted by atomic mass is 10.2. The van der Waals surface area contributed by atoms with Gasteiger partial charge in [-0.15, -0.1) is 0 Å². The highest BCUT2D eigenvalue weighted by Crippen LogP contribution is 2.08. The van der Waals surface area contributed by atoms with Crippen LogP contribution in [0.3, 0.4) is 0 Å². The highest BCUT2D eigenvalue weighted by Gasteiger charge is 2.26. The first-order valence-electron chi connectivity index (χ1n) is 4.77. The van der Waals surface area contributed by atoms with Crippen LogP contribution in [0.5, 0.6) is 0 Å². The molecular formula is C9H18N2O2. The largest absolute Gasteiger partial charge is 0.450 e. The second-order valence-electron chi connectivity index (χ2n) is 3.50. The lowest BCUT2D eigenvalue weighted by Crippen LogP contribution is -2.52. The van der Waals surface area contributed by atoms with Gasteiger partial charge in [-0.2, -0.15) is 0 Å². The van der Waals surface area contributed by atoms with E-state index in [1.165, 1.54) is 0 Å². The van der Waals surface area contributed by atoms with Gasteiger partial charge < -0.3 is 14.5 Å². The summed E-state index contributed by atoms with van der Waals surface area (Å²) in [6, 6.07) is 0.262. The molecule has 1 aliphatic heterocycles. The molecule has 0 aromatic carbocycles. The molecule has 1 fully saturated rings. The summed E-state index contributed by atoms with van der Waals surface area (Å²) in [5.41, 5.74) is 0. The fourth-order valence-electron chi connectivity index (χ4n) is 1.62. The first-order valence-corrected chi connectivity index (χ1v) is 4.77. The maximum atomic E-state index is 11.4. The van der Waals surface area contributed by atoms with Crippen LogP contribution in [0.15, 0.2) is 0 Å². The van der Waals surface area contributed by atoms with Crippen molar-refractivity contribution < 1.29 is 9.53 Å². The third-order valence-electron chi connectivity index (χ3n) is 2.33. The standard InChI is InChI=1S/C9H18N2O2/c1-4-13-9(12)11-6-5-10(3)7-8(11)2/h8H,4-7H2,1-3H3/t8-/m1/s1. The molecule has 1 rings (SSSR count). The van der Waals surface area contributed by atoms with Gasteiger partial charge in [-0.3, -0.25) is 0 Å². The summed E-state index contributed by atoms with van der Waals surface area (Å²) < 4.78 is 4.96. The quantitative estimate of drug-likeness (QED) is 0.606. The molecule has 1 atom stereocenters. The zero-order valence-corrected chi connectivity index (χ0v) is 8.62. The van der Waals surface area contributed by atoms with Gasteiger partial charge in [0.2, 0.25) is 0 Å². The molecule has 0 bridgehead atoms. The Labute approximate surface area is 79.4 Å². The Hall–Kier alpha value is -0.770. The molecule has 4 nitrogen and oxygen atoms in total. The van der Waals surface area contributed by atoms with Gasteiger partial charge in [0, 0.05) is 25.7 Å². The average molecular weight is 186 g/mol. The lowest BCUT2D eigenvalue weighted by molar-refractivity contribution is 0.0616. The molecule has 4 heteroatoms. The van der Waals surface area contributed by atoms with E-state index in [0.717, 1.165) is 19.6 Å². The van der Waals surface area contributed by atoms with E-state index < -0.39 is 0 Å². The van der Waals surface area contributed by atoms with Crippen molar-refractivity contribution >= 4 is 6.09 Å². The van der Waals surface area contributed by atoms with Gasteiger partial charge in [0.25, 0.3) is 0 Å². The predicted octanol–water partition coefficient (Wildman–Crippen LogP) is 0.779. The van der Waals surface area contributed by atoms with Crippen molar-refractivity contribution in [2.75, 3.05) is 33.3 Å². The zero-order chi connectivity index (χ0) is 9.84. The molecule has 0 unspecified atom stereocenters. The Balaban J connectivity index is 2.45. The fourth-order valence-corrected chi connectivity index (χ4v) is 1.62. The van der Waals surface area contributed by atoms with Crippen LogP contribution in [0.1, 0.15) is 13.8 Å². The monoisotopic (exact) mass is 186 g/mol. The minimum Gasteiger partial charge on any atom is -0.450 e. The third kappa shape index (κ3) is 2.59. The Morgan fingerprint density at radius 2 is 2.23 bits per heavy atom. The highest BCUT2D eigenvalue weighted by atomic mass is 16.6. The van der Waals surface area contributed by atoms with Crippen molar-refractivity contribution in [1.29, 1.82) is 0 Å². The van der Waals surface area contributed by atoms with E-state index in [9.17, 15) is 4.79 Å². The van der Waals surface area contributed by atoms with Crippen molar-refractivity contribution in [2.45, 2.75) is 19.9 Å². The molecule has 76 valence electrons. The number of hydrogen-bond donors (Lipinski definition) is 0. The van der Waals surface area contributed by atoms with Gasteiger partial charge in [0.15, 0.2) is 0 Å². The Kier molecular flexibility index (Phi) is 3.54. The summed E-state index contributed by atoms with van der Waals surface area (Å²) in [5.74, 6) is 0. The van der Waals surface area contributed by atoms with E-state index in [-0.39, 0.29) is 12.1 Å². The maximum absolute atomic E-state index is 11.4. The molecule has 0 radical (unpaired) electrons. The van der Waals surface area contributed by atoms with Crippen LogP contribution in [0.2, 0.25) is 0 Å². The number of hydrogen-bond acceptors (Lipinski definition) is 3. The van der Waals surface area contributed by atoms with Crippen LogP contribution in [0, 0.1) is 0 Å². The van der Waals surface area contributed by atoms with E-state index in [1.807, 2.05) is 13.8 Å². The van der Waals surface area contributed by atoms with E-state index in [0.29, 0.717) is 6.61 Å². The number of likely N-dealkylation sites (N-methyl/N-ethyl adjacent to an activating group) is 1. The van der Waals surface area contributed by atoms with Crippen LogP contribution in [-0.2, 0) is 4.74 Å². The topological polar surface area (TPSA) is 32.8 Å². The van der Waals surface area contributed by atoms with Crippen LogP contribution in [0.4, 0.5) is 4.79 Å². The van der Waals surface area contributed by atoms with E-state index in [4.69, 9.17) is 4.74 Å². The van der Waals surface area contributed by atoms with Gasteiger partial charge >= 0.3 is 6.09 Å². The lowest BCUT2D eigenvalue weighted by Gasteiger charge is -2.37. The highest BCUT2D eigenvalue weighted by molar-refractivity contribution is 5.68. The molecule has 0 saturated carbocycles. The third-order valence-corrected chi connectivity index (χ3v) is 2.33. The van der Waals surface area contributed by atoms with Gasteiger partial charge in [-0.05, 0) is 20.9 Å². The van der Waals surface area contributed by atoms with Gasteiger partial charge in [-0.25, -0.2) is 4.79 Å². The van der Waals surface area contributed by atoms with Crippen molar-refractivity contribution in [3.8, 4) is 0 Å². The second-order valence-corrected chi connectivity index (χ2v) is 3.50. The summed E-state index contributed by atoms with van der Waals surface area (Å²) in [6.45, 7) is 6.97. The van der Waals surface area contributed by atoms with Crippen LogP contribution >= 0.6 is 0 Å². The maximum Gasteiger partial charge on any atom is 0.410 e. The molecule has 13 heavy (non-hydrogen) atoms. The molecule has 1 amide bonds. The first kappa shape index (κ1) is 10.3. The SMILES string of the molecule is CCOC(=O)N1CCN(C)C[C@H]1C. The molecule has 1 aliphatic rings. The summed E-state index contributed by atoms with van der Waals surface area (Å²) in [5, 5.41) is 0. The summed E-state index contributed by atoms with van der Waals surface area (Å²) in [4.78, 5) is 15.4. The number of amides is 1. The average Bonchev–Trinajstić information content (AvgIpc) is 2.04. The molecular weight excluding hydrogens is 168 g/mol. The molecule has 0 spiro atoms. The summed E-state index contributed by atoms with van der Waals surface area (Å²) in [7, 11) is 2.07. The van der Waals surface area contributed by atoms with Crippen molar-refractivity contribution in [3.63, 3.8) is 0 Å². The van der Waals surface area contributed by atoms with Crippen LogP contribution in [0.25, 0.3) is 0 Å². The van der Waals surface area contributed by atoms with E-state index in [1.54, 1.807) is 4.90 Å². The molecule has 0 aliphatic carbocycles. The van der Waals surface area contributed by atoms with E-state index >= 15 is 0 Å². The summed E-state index contributed by atoms with van der Waals surface area (Å²) in [6.07, 6.45) is -0.178. The van der Waals surface area contributed by atoms with E-state index in [2.05, 4.69) is 11.9 Å². The molecule has 1 heterocycles. The number of nitrogens with zero attached hydrogens (tertiary/aromatic N) is 2. The van der Waals surface area contributed by atoms with Crippen molar-refractivity contribution in [1.82, 2.24) is 9.80 Å². The Morgan fingerprint density at radius 1 is 1.54 bits per heavy atom. The van der Waals surface area contributed by atoms with Gasteiger partial charge in [0.1, 0.15) is 0 Å². The predicted molar refractivity (Wildman–Crippen MR) is 50.7 cm³/mol. The van der Waals surface area contributed by atoms with Crippen molar-refractivity contribution in [2.24, 2.45) is 0 Å². The van der Waals surface area contributed by atoms with Crippen molar-refractivity contribution in [3.05, 3.63) is 0 Å². The number of ether oxygens (including phenoxy) is 1. The number of piperazine rings is 1. The molecule has 0 N–H and O–H groups in total. The fraction of sp³-hybridized carbons (Fsp3) is 0.889. The Bertz CT molecular complexity index is 184. The number of carbonyl (C=O) groups excluding carboxylic acids is 1. The van der Waals surface area contributed by atoms with Crippen LogP contribution < -0.4 is 0 Å². The summed E-state index contributed by atoms with van der Waals surface area (Å²) >= 11 is 0. The smallest absolute Gasteiger partial charge is 0.410 e. The van der Waals surface area contributed by atoms with Crippen LogP contribution in [-0.4, -0.2) is 55.2 Å². The Morgan fingerprint density at radius 3 is 2.77 bits per heavy atom. The van der Waals surface area contributed by atoms with Gasteiger partial charge in [-0.1, -0.05) is 0 Å². The minimum atomic E-state index is -0.178. The molecule has 0 aromatic heterocycles. The number of rotatable bonds is 1. The minimum absolute atomic E-state index is 0.178. The zero-order valence-electron chi connectivity index (χ0n) is 8.62.